The third-order valence-electron chi connectivity index (χ3n) is 4.20. The van der Waals surface area contributed by atoms with Gasteiger partial charge in [0.2, 0.25) is 5.91 Å². The van der Waals surface area contributed by atoms with Crippen LogP contribution in [0.15, 0.2) is 54.6 Å². The smallest absolute Gasteiger partial charge is 0.244 e. The van der Waals surface area contributed by atoms with Crippen molar-refractivity contribution in [3.05, 3.63) is 60.2 Å². The molecule has 0 unspecified atom stereocenters. The standard InChI is InChI=1S/C19H22N2O3.ClH/c20-19(10-12-23-13-11-19)18(22)21-16-6-8-17(9-7-16)24-14-15-4-2-1-3-5-15;/h1-9H,10-14,20H2,(H,21,22);1H. The number of nitrogens with one attached hydrogen (secondary N) is 1. The zero-order valence-electron chi connectivity index (χ0n) is 13.9. The number of anilines is 1. The molecule has 3 N–H and O–H groups in total. The van der Waals surface area contributed by atoms with E-state index in [0.29, 0.717) is 38.3 Å². The molecule has 5 nitrogen and oxygen atoms in total. The first-order valence-corrected chi connectivity index (χ1v) is 8.11. The van der Waals surface area contributed by atoms with Crippen molar-refractivity contribution >= 4 is 24.0 Å². The Kier molecular flexibility index (Phi) is 6.82. The zero-order chi connectivity index (χ0) is 16.8. The van der Waals surface area contributed by atoms with Crippen LogP contribution in [0.5, 0.6) is 5.75 Å². The molecule has 1 amide bonds. The van der Waals surface area contributed by atoms with E-state index < -0.39 is 5.54 Å². The van der Waals surface area contributed by atoms with Gasteiger partial charge in [0.25, 0.3) is 0 Å². The first-order chi connectivity index (χ1) is 11.7. The van der Waals surface area contributed by atoms with Gasteiger partial charge < -0.3 is 20.5 Å². The minimum absolute atomic E-state index is 0. The van der Waals surface area contributed by atoms with E-state index in [1.54, 1.807) is 0 Å². The van der Waals surface area contributed by atoms with Crippen LogP contribution >= 0.6 is 12.4 Å². The lowest BCUT2D eigenvalue weighted by Gasteiger charge is -2.31. The molecular formula is C19H23ClN2O3. The topological polar surface area (TPSA) is 73.6 Å². The number of rotatable bonds is 5. The third kappa shape index (κ3) is 5.19. The summed E-state index contributed by atoms with van der Waals surface area (Å²) in [6.45, 7) is 1.56. The minimum Gasteiger partial charge on any atom is -0.489 e. The summed E-state index contributed by atoms with van der Waals surface area (Å²) in [6, 6.07) is 17.3. The van der Waals surface area contributed by atoms with Crippen LogP contribution in [0.25, 0.3) is 0 Å². The predicted octanol–water partition coefficient (Wildman–Crippen LogP) is 3.13. The van der Waals surface area contributed by atoms with E-state index in [9.17, 15) is 4.79 Å². The number of nitrogens with two attached hydrogens (primary N) is 1. The molecule has 1 fully saturated rings. The molecule has 0 aromatic heterocycles. The Balaban J connectivity index is 0.00000225. The van der Waals surface area contributed by atoms with Crippen LogP contribution in [0.4, 0.5) is 5.69 Å². The van der Waals surface area contributed by atoms with Crippen LogP contribution in [0.2, 0.25) is 0 Å². The highest BCUT2D eigenvalue weighted by atomic mass is 35.5. The maximum absolute atomic E-state index is 12.4. The number of carbonyl (C=O) groups excluding carboxylic acids is 1. The molecule has 0 radical (unpaired) electrons. The van der Waals surface area contributed by atoms with E-state index in [2.05, 4.69) is 5.32 Å². The van der Waals surface area contributed by atoms with Crippen molar-refractivity contribution in [3.8, 4) is 5.75 Å². The van der Waals surface area contributed by atoms with Gasteiger partial charge in [-0.15, -0.1) is 12.4 Å². The molecule has 1 saturated heterocycles. The minimum atomic E-state index is -0.846. The Morgan fingerprint density at radius 1 is 1.08 bits per heavy atom. The van der Waals surface area contributed by atoms with E-state index in [0.717, 1.165) is 11.3 Å². The number of amides is 1. The highest BCUT2D eigenvalue weighted by Crippen LogP contribution is 2.22. The molecule has 0 bridgehead atoms. The van der Waals surface area contributed by atoms with Crippen LogP contribution in [0, 0.1) is 0 Å². The first kappa shape index (κ1) is 19.2. The van der Waals surface area contributed by atoms with Gasteiger partial charge in [-0.3, -0.25) is 4.79 Å². The summed E-state index contributed by atoms with van der Waals surface area (Å²) in [6.07, 6.45) is 1.08. The van der Waals surface area contributed by atoms with Crippen molar-refractivity contribution in [2.24, 2.45) is 5.73 Å². The molecule has 1 heterocycles. The average molecular weight is 363 g/mol. The highest BCUT2D eigenvalue weighted by Gasteiger charge is 2.35. The lowest BCUT2D eigenvalue weighted by atomic mass is 9.90. The Hall–Kier alpha value is -2.08. The van der Waals surface area contributed by atoms with Gasteiger partial charge in [-0.05, 0) is 42.7 Å². The van der Waals surface area contributed by atoms with Gasteiger partial charge >= 0.3 is 0 Å². The quantitative estimate of drug-likeness (QED) is 0.857. The summed E-state index contributed by atoms with van der Waals surface area (Å²) in [5.74, 6) is 0.592. The molecule has 0 saturated carbocycles. The lowest BCUT2D eigenvalue weighted by Crippen LogP contribution is -2.54. The molecule has 1 aliphatic heterocycles. The lowest BCUT2D eigenvalue weighted by molar-refractivity contribution is -0.124. The van der Waals surface area contributed by atoms with Gasteiger partial charge in [0.1, 0.15) is 17.9 Å². The largest absolute Gasteiger partial charge is 0.489 e. The molecule has 2 aromatic rings. The summed E-state index contributed by atoms with van der Waals surface area (Å²) in [5.41, 5.74) is 7.15. The molecular weight excluding hydrogens is 340 g/mol. The number of carbonyl (C=O) groups is 1. The van der Waals surface area contributed by atoms with E-state index in [-0.39, 0.29) is 18.3 Å². The molecule has 3 rings (SSSR count). The van der Waals surface area contributed by atoms with Gasteiger partial charge in [0.15, 0.2) is 0 Å². The van der Waals surface area contributed by atoms with Crippen molar-refractivity contribution < 1.29 is 14.3 Å². The van der Waals surface area contributed by atoms with Crippen molar-refractivity contribution in [2.75, 3.05) is 18.5 Å². The predicted molar refractivity (Wildman–Crippen MR) is 100 cm³/mol. The fourth-order valence-corrected chi connectivity index (χ4v) is 2.59. The number of hydrogen-bond donors (Lipinski definition) is 2. The van der Waals surface area contributed by atoms with E-state index >= 15 is 0 Å². The van der Waals surface area contributed by atoms with Crippen molar-refractivity contribution in [2.45, 2.75) is 25.0 Å². The third-order valence-corrected chi connectivity index (χ3v) is 4.20. The van der Waals surface area contributed by atoms with Gasteiger partial charge in [-0.2, -0.15) is 0 Å². The van der Waals surface area contributed by atoms with Crippen LogP contribution < -0.4 is 15.8 Å². The van der Waals surface area contributed by atoms with Crippen LogP contribution in [0.1, 0.15) is 18.4 Å². The van der Waals surface area contributed by atoms with E-state index in [1.165, 1.54) is 0 Å². The molecule has 0 atom stereocenters. The molecule has 0 aliphatic carbocycles. The summed E-state index contributed by atoms with van der Waals surface area (Å²) in [5, 5.41) is 2.88. The summed E-state index contributed by atoms with van der Waals surface area (Å²) in [4.78, 5) is 12.4. The second-order valence-corrected chi connectivity index (χ2v) is 6.02. The van der Waals surface area contributed by atoms with Gasteiger partial charge in [0.05, 0.1) is 0 Å². The monoisotopic (exact) mass is 362 g/mol. The highest BCUT2D eigenvalue weighted by molar-refractivity contribution is 5.98. The maximum Gasteiger partial charge on any atom is 0.244 e. The second kappa shape index (κ2) is 8.85. The van der Waals surface area contributed by atoms with E-state index in [1.807, 2.05) is 54.6 Å². The number of benzene rings is 2. The Morgan fingerprint density at radius 3 is 2.36 bits per heavy atom. The molecule has 0 spiro atoms. The Morgan fingerprint density at radius 2 is 1.72 bits per heavy atom. The molecule has 6 heteroatoms. The van der Waals surface area contributed by atoms with Gasteiger partial charge in [-0.1, -0.05) is 30.3 Å². The average Bonchev–Trinajstić information content (AvgIpc) is 2.62. The molecule has 2 aromatic carbocycles. The molecule has 25 heavy (non-hydrogen) atoms. The molecule has 134 valence electrons. The van der Waals surface area contributed by atoms with Crippen LogP contribution in [-0.2, 0) is 16.1 Å². The Labute approximate surface area is 153 Å². The SMILES string of the molecule is Cl.NC1(C(=O)Nc2ccc(OCc3ccccc3)cc2)CCOCC1. The summed E-state index contributed by atoms with van der Waals surface area (Å²) >= 11 is 0. The summed E-state index contributed by atoms with van der Waals surface area (Å²) < 4.78 is 11.0. The fourth-order valence-electron chi connectivity index (χ4n) is 2.59. The first-order valence-electron chi connectivity index (χ1n) is 8.11. The van der Waals surface area contributed by atoms with Crippen LogP contribution in [-0.4, -0.2) is 24.7 Å². The van der Waals surface area contributed by atoms with Crippen molar-refractivity contribution in [3.63, 3.8) is 0 Å². The zero-order valence-corrected chi connectivity index (χ0v) is 14.8. The second-order valence-electron chi connectivity index (χ2n) is 6.02. The Bertz CT molecular complexity index is 671. The normalized spacial score (nSPS) is 15.7. The van der Waals surface area contributed by atoms with Crippen molar-refractivity contribution in [1.29, 1.82) is 0 Å². The molecule has 1 aliphatic rings. The van der Waals surface area contributed by atoms with Gasteiger partial charge in [0, 0.05) is 18.9 Å². The number of halogens is 1. The summed E-state index contributed by atoms with van der Waals surface area (Å²) in [7, 11) is 0. The maximum atomic E-state index is 12.4. The van der Waals surface area contributed by atoms with Crippen molar-refractivity contribution in [1.82, 2.24) is 0 Å². The number of ether oxygens (including phenoxy) is 2. The fraction of sp³-hybridized carbons (Fsp3) is 0.316. The van der Waals surface area contributed by atoms with E-state index in [4.69, 9.17) is 15.2 Å². The van der Waals surface area contributed by atoms with Gasteiger partial charge in [-0.25, -0.2) is 0 Å². The van der Waals surface area contributed by atoms with Crippen LogP contribution in [0.3, 0.4) is 0 Å². The number of hydrogen-bond acceptors (Lipinski definition) is 4.